The molecule has 0 unspecified atom stereocenters. The van der Waals surface area contributed by atoms with Gasteiger partial charge in [-0.2, -0.15) is 0 Å². The molecule has 0 aromatic carbocycles. The van der Waals surface area contributed by atoms with Gasteiger partial charge in [0.25, 0.3) is 0 Å². The zero-order chi connectivity index (χ0) is 8.15. The van der Waals surface area contributed by atoms with Crippen LogP contribution in [0.15, 0.2) is 0 Å². The van der Waals surface area contributed by atoms with Crippen LogP contribution >= 0.6 is 0 Å². The first-order valence-corrected chi connectivity index (χ1v) is 4.03. The highest BCUT2D eigenvalue weighted by molar-refractivity contribution is 4.40. The van der Waals surface area contributed by atoms with Crippen LogP contribution in [-0.2, 0) is 0 Å². The predicted molar refractivity (Wildman–Crippen MR) is 41.0 cm³/mol. The third kappa shape index (κ3) is 3.18. The zero-order valence-electron chi connectivity index (χ0n) is 7.48. The van der Waals surface area contributed by atoms with E-state index in [0.29, 0.717) is 12.1 Å². The smallest absolute Gasteiger partial charge is 0.0819 e. The maximum Gasteiger partial charge on any atom is 0.0819 e. The Labute approximate surface area is 63.8 Å². The van der Waals surface area contributed by atoms with Crippen LogP contribution < -0.4 is 10.0 Å². The first-order chi connectivity index (χ1) is 4.59. The summed E-state index contributed by atoms with van der Waals surface area (Å²) in [5.74, 6) is 0. The van der Waals surface area contributed by atoms with E-state index < -0.39 is 0 Å². The van der Waals surface area contributed by atoms with Gasteiger partial charge in [0.05, 0.1) is 18.6 Å². The molecule has 0 spiro atoms. The minimum atomic E-state index is 0.0473. The first kappa shape index (κ1) is 9.92. The number of quaternary nitrogens is 1. The highest BCUT2D eigenvalue weighted by Crippen LogP contribution is 1.74. The van der Waals surface area contributed by atoms with Crippen molar-refractivity contribution in [3.8, 4) is 0 Å². The summed E-state index contributed by atoms with van der Waals surface area (Å²) in [5, 5.41) is 10.3. The Hall–Kier alpha value is -0.0800. The van der Waals surface area contributed by atoms with Gasteiger partial charge < -0.3 is 10.0 Å². The van der Waals surface area contributed by atoms with Crippen molar-refractivity contribution in [2.45, 2.75) is 39.8 Å². The third-order valence-electron chi connectivity index (χ3n) is 1.87. The average molecular weight is 145 g/mol. The van der Waals surface area contributed by atoms with E-state index in [1.54, 1.807) is 0 Å². The highest BCUT2D eigenvalue weighted by Gasteiger charge is 2.13. The lowest BCUT2D eigenvalue weighted by Gasteiger charge is -2.28. The zero-order valence-corrected chi connectivity index (χ0v) is 7.48. The van der Waals surface area contributed by atoms with Crippen LogP contribution in [-0.4, -0.2) is 25.2 Å². The van der Waals surface area contributed by atoms with Gasteiger partial charge in [-0.25, -0.2) is 0 Å². The fourth-order valence-corrected chi connectivity index (χ4v) is 1.36. The lowest BCUT2D eigenvalue weighted by atomic mass is 10.2. The van der Waals surface area contributed by atoms with E-state index in [4.69, 9.17) is 0 Å². The Morgan fingerprint density at radius 1 is 1.10 bits per heavy atom. The van der Waals surface area contributed by atoms with Gasteiger partial charge in [0.15, 0.2) is 0 Å². The molecule has 0 saturated heterocycles. The standard InChI is InChI=1S/C8H18NO/c1-7(2)9(5-6-10)8(3)4/h7-8H,5-6H2,1-4H3/q-1/p+1. The van der Waals surface area contributed by atoms with Crippen molar-refractivity contribution in [3.05, 3.63) is 0 Å². The van der Waals surface area contributed by atoms with E-state index in [2.05, 4.69) is 27.7 Å². The Kier molecular flexibility index (Phi) is 4.65. The van der Waals surface area contributed by atoms with Crippen molar-refractivity contribution in [3.63, 3.8) is 0 Å². The summed E-state index contributed by atoms with van der Waals surface area (Å²) in [5.41, 5.74) is 0. The summed E-state index contributed by atoms with van der Waals surface area (Å²) in [4.78, 5) is 1.41. The Morgan fingerprint density at radius 3 is 1.60 bits per heavy atom. The second-order valence-electron chi connectivity index (χ2n) is 3.34. The predicted octanol–water partition coefficient (Wildman–Crippen LogP) is -0.952. The molecule has 2 heteroatoms. The fraction of sp³-hybridized carbons (Fsp3) is 1.00. The van der Waals surface area contributed by atoms with E-state index in [-0.39, 0.29) is 6.61 Å². The lowest BCUT2D eigenvalue weighted by Crippen LogP contribution is -3.18. The first-order valence-electron chi connectivity index (χ1n) is 4.03. The monoisotopic (exact) mass is 145 g/mol. The normalized spacial score (nSPS) is 12.0. The van der Waals surface area contributed by atoms with Gasteiger partial charge in [0.2, 0.25) is 0 Å². The Balaban J connectivity index is 3.73. The van der Waals surface area contributed by atoms with Gasteiger partial charge in [0.1, 0.15) is 0 Å². The summed E-state index contributed by atoms with van der Waals surface area (Å²) < 4.78 is 0. The third-order valence-corrected chi connectivity index (χ3v) is 1.87. The topological polar surface area (TPSA) is 27.5 Å². The maximum absolute atomic E-state index is 10.3. The van der Waals surface area contributed by atoms with Gasteiger partial charge >= 0.3 is 0 Å². The second kappa shape index (κ2) is 4.69. The molecule has 62 valence electrons. The van der Waals surface area contributed by atoms with Gasteiger partial charge in [-0.05, 0) is 27.7 Å². The largest absolute Gasteiger partial charge is 0.850 e. The molecule has 0 atom stereocenters. The van der Waals surface area contributed by atoms with Crippen LogP contribution in [0.1, 0.15) is 27.7 Å². The molecule has 2 nitrogen and oxygen atoms in total. The van der Waals surface area contributed by atoms with E-state index in [1.807, 2.05) is 0 Å². The molecular weight excluding hydrogens is 126 g/mol. The molecule has 0 fully saturated rings. The van der Waals surface area contributed by atoms with Crippen LogP contribution in [0.2, 0.25) is 0 Å². The minimum absolute atomic E-state index is 0.0473. The van der Waals surface area contributed by atoms with E-state index in [1.165, 1.54) is 4.90 Å². The molecule has 0 amide bonds. The lowest BCUT2D eigenvalue weighted by molar-refractivity contribution is -0.946. The minimum Gasteiger partial charge on any atom is -0.850 e. The summed E-state index contributed by atoms with van der Waals surface area (Å²) in [6.07, 6.45) is 0. The molecule has 0 aromatic rings. The number of rotatable bonds is 4. The second-order valence-corrected chi connectivity index (χ2v) is 3.34. The average Bonchev–Trinajstić information content (AvgIpc) is 1.81. The van der Waals surface area contributed by atoms with Crippen LogP contribution in [0.25, 0.3) is 0 Å². The van der Waals surface area contributed by atoms with Crippen LogP contribution in [0.4, 0.5) is 0 Å². The molecule has 1 N–H and O–H groups in total. The van der Waals surface area contributed by atoms with Crippen molar-refractivity contribution in [1.29, 1.82) is 0 Å². The van der Waals surface area contributed by atoms with E-state index in [9.17, 15) is 5.11 Å². The molecule has 0 radical (unpaired) electrons. The molecule has 0 rings (SSSR count). The van der Waals surface area contributed by atoms with Gasteiger partial charge in [0, 0.05) is 0 Å². The molecule has 0 aliphatic heterocycles. The molecule has 0 aromatic heterocycles. The highest BCUT2D eigenvalue weighted by atomic mass is 16.3. The quantitative estimate of drug-likeness (QED) is 0.542. The summed E-state index contributed by atoms with van der Waals surface area (Å²) in [7, 11) is 0. The Bertz CT molecular complexity index is 73.3. The van der Waals surface area contributed by atoms with Gasteiger partial charge in [-0.15, -0.1) is 0 Å². The number of hydrogen-bond acceptors (Lipinski definition) is 1. The fourth-order valence-electron chi connectivity index (χ4n) is 1.36. The molecule has 0 aliphatic carbocycles. The maximum atomic E-state index is 10.3. The van der Waals surface area contributed by atoms with Crippen molar-refractivity contribution in [2.24, 2.45) is 0 Å². The van der Waals surface area contributed by atoms with Gasteiger partial charge in [-0.3, -0.25) is 0 Å². The van der Waals surface area contributed by atoms with Crippen molar-refractivity contribution >= 4 is 0 Å². The van der Waals surface area contributed by atoms with Gasteiger partial charge in [-0.1, -0.05) is 6.61 Å². The SMILES string of the molecule is CC(C)[NH+](CC[O-])C(C)C. The van der Waals surface area contributed by atoms with E-state index >= 15 is 0 Å². The van der Waals surface area contributed by atoms with Crippen molar-refractivity contribution < 1.29 is 10.0 Å². The molecule has 0 aliphatic rings. The Morgan fingerprint density at radius 2 is 1.50 bits per heavy atom. The molecule has 0 heterocycles. The van der Waals surface area contributed by atoms with E-state index in [0.717, 1.165) is 6.54 Å². The molecular formula is C8H19NO. The molecule has 10 heavy (non-hydrogen) atoms. The van der Waals surface area contributed by atoms with Crippen LogP contribution in [0.5, 0.6) is 0 Å². The molecule has 0 saturated carbocycles. The van der Waals surface area contributed by atoms with Crippen LogP contribution in [0.3, 0.4) is 0 Å². The summed E-state index contributed by atoms with van der Waals surface area (Å²) in [6, 6.07) is 1.16. The molecule has 0 bridgehead atoms. The summed E-state index contributed by atoms with van der Waals surface area (Å²) in [6.45, 7) is 9.44. The van der Waals surface area contributed by atoms with Crippen molar-refractivity contribution in [1.82, 2.24) is 0 Å². The number of hydrogen-bond donors (Lipinski definition) is 1. The van der Waals surface area contributed by atoms with Crippen molar-refractivity contribution in [2.75, 3.05) is 13.2 Å². The van der Waals surface area contributed by atoms with Crippen LogP contribution in [0, 0.1) is 0 Å². The number of nitrogens with one attached hydrogen (secondary N) is 1. The summed E-state index contributed by atoms with van der Waals surface area (Å²) >= 11 is 0.